The highest BCUT2D eigenvalue weighted by atomic mass is 14.2. The van der Waals surface area contributed by atoms with Gasteiger partial charge in [0.2, 0.25) is 0 Å². The Morgan fingerprint density at radius 3 is 2.29 bits per heavy atom. The molecular formula is C13H14N. The van der Waals surface area contributed by atoms with Crippen molar-refractivity contribution >= 4 is 0 Å². The van der Waals surface area contributed by atoms with Crippen LogP contribution < -0.4 is 0 Å². The van der Waals surface area contributed by atoms with Gasteiger partial charge >= 0.3 is 0 Å². The van der Waals surface area contributed by atoms with E-state index in [1.807, 2.05) is 12.1 Å². The molecule has 2 rings (SSSR count). The van der Waals surface area contributed by atoms with E-state index >= 15 is 0 Å². The molecule has 1 nitrogen and oxygen atoms in total. The average Bonchev–Trinajstić information content (AvgIpc) is 2.30. The van der Waals surface area contributed by atoms with Crippen LogP contribution in [0.2, 0.25) is 0 Å². The molecule has 1 aromatic carbocycles. The maximum absolute atomic E-state index is 8.68. The molecule has 0 atom stereocenters. The molecule has 0 spiro atoms. The van der Waals surface area contributed by atoms with Crippen molar-refractivity contribution in [3.63, 3.8) is 0 Å². The van der Waals surface area contributed by atoms with Gasteiger partial charge < -0.3 is 0 Å². The fourth-order valence-electron chi connectivity index (χ4n) is 2.09. The second-order valence-corrected chi connectivity index (χ2v) is 3.87. The molecular weight excluding hydrogens is 170 g/mol. The summed E-state index contributed by atoms with van der Waals surface area (Å²) in [5.74, 6) is 0.716. The van der Waals surface area contributed by atoms with Crippen LogP contribution in [-0.4, -0.2) is 0 Å². The molecule has 71 valence electrons. The minimum atomic E-state index is 0.716. The highest BCUT2D eigenvalue weighted by Crippen LogP contribution is 2.31. The Kier molecular flexibility index (Phi) is 2.84. The largest absolute Gasteiger partial charge is 0.192 e. The summed E-state index contributed by atoms with van der Waals surface area (Å²) in [7, 11) is 0. The molecule has 1 aliphatic carbocycles. The van der Waals surface area contributed by atoms with Crippen LogP contribution in [0.5, 0.6) is 0 Å². The second-order valence-electron chi connectivity index (χ2n) is 3.87. The Labute approximate surface area is 85.4 Å². The van der Waals surface area contributed by atoms with E-state index in [1.165, 1.54) is 31.2 Å². The van der Waals surface area contributed by atoms with Gasteiger partial charge in [-0.25, -0.2) is 0 Å². The van der Waals surface area contributed by atoms with Crippen LogP contribution in [0, 0.1) is 17.8 Å². The van der Waals surface area contributed by atoms with Crippen molar-refractivity contribution in [3.8, 4) is 6.07 Å². The molecule has 0 saturated heterocycles. The number of nitrogens with zero attached hydrogens (tertiary/aromatic N) is 1. The number of nitriles is 1. The molecule has 1 heteroatoms. The second kappa shape index (κ2) is 4.28. The Hall–Kier alpha value is -1.29. The summed E-state index contributed by atoms with van der Waals surface area (Å²) >= 11 is 0. The smallest absolute Gasteiger partial charge is 0.0991 e. The number of hydrogen-bond acceptors (Lipinski definition) is 1. The predicted octanol–water partition coefficient (Wildman–Crippen LogP) is 3.42. The zero-order chi connectivity index (χ0) is 9.80. The van der Waals surface area contributed by atoms with Crippen molar-refractivity contribution in [1.29, 1.82) is 5.26 Å². The van der Waals surface area contributed by atoms with Gasteiger partial charge in [-0.05, 0) is 55.7 Å². The maximum Gasteiger partial charge on any atom is 0.0991 e. The minimum Gasteiger partial charge on any atom is -0.192 e. The first-order valence-electron chi connectivity index (χ1n) is 5.22. The van der Waals surface area contributed by atoms with E-state index < -0.39 is 0 Å². The third-order valence-electron chi connectivity index (χ3n) is 2.95. The topological polar surface area (TPSA) is 23.8 Å². The quantitative estimate of drug-likeness (QED) is 0.656. The molecule has 0 aliphatic heterocycles. The van der Waals surface area contributed by atoms with Gasteiger partial charge in [0.25, 0.3) is 0 Å². The number of hydrogen-bond donors (Lipinski definition) is 0. The normalized spacial score (nSPS) is 17.6. The lowest BCUT2D eigenvalue weighted by Crippen LogP contribution is -2.04. The van der Waals surface area contributed by atoms with Crippen molar-refractivity contribution in [2.75, 3.05) is 0 Å². The highest BCUT2D eigenvalue weighted by molar-refractivity contribution is 5.33. The minimum absolute atomic E-state index is 0.716. The SMILES string of the molecule is N#Cc1ccc(C2CC[CH]CC2)cc1. The summed E-state index contributed by atoms with van der Waals surface area (Å²) in [6, 6.07) is 10.2. The van der Waals surface area contributed by atoms with Crippen LogP contribution >= 0.6 is 0 Å². The zero-order valence-electron chi connectivity index (χ0n) is 8.24. The van der Waals surface area contributed by atoms with Crippen LogP contribution in [0.3, 0.4) is 0 Å². The van der Waals surface area contributed by atoms with Crippen LogP contribution in [0.15, 0.2) is 24.3 Å². The standard InChI is InChI=1S/C13H14N/c14-10-11-6-8-13(9-7-11)12-4-2-1-3-5-12/h1,6-9,12H,2-5H2. The summed E-state index contributed by atoms with van der Waals surface area (Å²) < 4.78 is 0. The van der Waals surface area contributed by atoms with E-state index in [9.17, 15) is 0 Å². The van der Waals surface area contributed by atoms with E-state index in [0.29, 0.717) is 5.92 Å². The molecule has 0 aromatic heterocycles. The van der Waals surface area contributed by atoms with Crippen molar-refractivity contribution in [2.24, 2.45) is 0 Å². The van der Waals surface area contributed by atoms with Crippen LogP contribution in [0.25, 0.3) is 0 Å². The van der Waals surface area contributed by atoms with Gasteiger partial charge in [-0.2, -0.15) is 5.26 Å². The van der Waals surface area contributed by atoms with Gasteiger partial charge in [0.1, 0.15) is 0 Å². The van der Waals surface area contributed by atoms with Crippen LogP contribution in [0.4, 0.5) is 0 Å². The Morgan fingerprint density at radius 2 is 1.71 bits per heavy atom. The summed E-state index contributed by atoms with van der Waals surface area (Å²) in [4.78, 5) is 0. The summed E-state index contributed by atoms with van der Waals surface area (Å²) in [5.41, 5.74) is 2.16. The van der Waals surface area contributed by atoms with E-state index in [1.54, 1.807) is 0 Å². The molecule has 1 radical (unpaired) electrons. The first-order chi connectivity index (χ1) is 6.90. The summed E-state index contributed by atoms with van der Waals surface area (Å²) in [6.45, 7) is 0. The Bertz CT molecular complexity index is 325. The summed E-state index contributed by atoms with van der Waals surface area (Å²) in [6.07, 6.45) is 7.40. The van der Waals surface area contributed by atoms with Gasteiger partial charge in [0.05, 0.1) is 11.6 Å². The van der Waals surface area contributed by atoms with E-state index in [0.717, 1.165) is 5.56 Å². The molecule has 1 aliphatic rings. The van der Waals surface area contributed by atoms with Crippen molar-refractivity contribution in [3.05, 3.63) is 41.8 Å². The van der Waals surface area contributed by atoms with Crippen molar-refractivity contribution in [1.82, 2.24) is 0 Å². The molecule has 1 saturated carbocycles. The molecule has 0 amide bonds. The van der Waals surface area contributed by atoms with Crippen LogP contribution in [0.1, 0.15) is 42.7 Å². The van der Waals surface area contributed by atoms with Crippen LogP contribution in [-0.2, 0) is 0 Å². The Balaban J connectivity index is 2.12. The fraction of sp³-hybridized carbons (Fsp3) is 0.385. The molecule has 14 heavy (non-hydrogen) atoms. The third-order valence-corrected chi connectivity index (χ3v) is 2.95. The number of benzene rings is 1. The average molecular weight is 184 g/mol. The number of rotatable bonds is 1. The van der Waals surface area contributed by atoms with E-state index in [-0.39, 0.29) is 0 Å². The van der Waals surface area contributed by atoms with Gasteiger partial charge in [0, 0.05) is 0 Å². The lowest BCUT2D eigenvalue weighted by molar-refractivity contribution is 0.512. The monoisotopic (exact) mass is 184 g/mol. The van der Waals surface area contributed by atoms with Gasteiger partial charge in [-0.15, -0.1) is 0 Å². The third kappa shape index (κ3) is 1.96. The van der Waals surface area contributed by atoms with Crippen molar-refractivity contribution < 1.29 is 0 Å². The highest BCUT2D eigenvalue weighted by Gasteiger charge is 2.14. The fourth-order valence-corrected chi connectivity index (χ4v) is 2.09. The van der Waals surface area contributed by atoms with Crippen molar-refractivity contribution in [2.45, 2.75) is 31.6 Å². The summed E-state index contributed by atoms with van der Waals surface area (Å²) in [5, 5.41) is 8.68. The lowest BCUT2D eigenvalue weighted by Gasteiger charge is -2.21. The Morgan fingerprint density at radius 1 is 1.07 bits per heavy atom. The maximum atomic E-state index is 8.68. The first-order valence-corrected chi connectivity index (χ1v) is 5.22. The molecule has 0 N–H and O–H groups in total. The molecule has 0 unspecified atom stereocenters. The molecule has 1 aromatic rings. The lowest BCUT2D eigenvalue weighted by atomic mass is 9.84. The predicted molar refractivity (Wildman–Crippen MR) is 56.7 cm³/mol. The first kappa shape index (κ1) is 9.27. The van der Waals surface area contributed by atoms with Gasteiger partial charge in [0.15, 0.2) is 0 Å². The molecule has 1 fully saturated rings. The van der Waals surface area contributed by atoms with Gasteiger partial charge in [-0.3, -0.25) is 0 Å². The van der Waals surface area contributed by atoms with E-state index in [2.05, 4.69) is 24.6 Å². The van der Waals surface area contributed by atoms with Gasteiger partial charge in [-0.1, -0.05) is 12.1 Å². The molecule has 0 bridgehead atoms. The molecule has 0 heterocycles. The zero-order valence-corrected chi connectivity index (χ0v) is 8.24. The van der Waals surface area contributed by atoms with E-state index in [4.69, 9.17) is 5.26 Å².